The van der Waals surface area contributed by atoms with Crippen LogP contribution in [0.25, 0.3) is 0 Å². The van der Waals surface area contributed by atoms with Gasteiger partial charge < -0.3 is 15.5 Å². The number of carbonyl (C=O) groups is 1. The van der Waals surface area contributed by atoms with Crippen LogP contribution in [-0.4, -0.2) is 16.1 Å². The number of nitrogens with one attached hydrogen (secondary N) is 1. The smallest absolute Gasteiger partial charge is 0.255 e. The van der Waals surface area contributed by atoms with Crippen molar-refractivity contribution >= 4 is 11.6 Å². The van der Waals surface area contributed by atoms with Crippen LogP contribution >= 0.6 is 0 Å². The van der Waals surface area contributed by atoms with Crippen LogP contribution in [0.5, 0.6) is 11.5 Å². The summed E-state index contributed by atoms with van der Waals surface area (Å²) in [6.07, 6.45) is 1.63. The Hall–Kier alpha value is -2.49. The number of hydrogen-bond donors (Lipinski definition) is 3. The fraction of sp³-hybridized carbons (Fsp3) is 0.235. The van der Waals surface area contributed by atoms with Gasteiger partial charge in [-0.3, -0.25) is 4.79 Å². The van der Waals surface area contributed by atoms with Gasteiger partial charge in [0.25, 0.3) is 5.91 Å². The van der Waals surface area contributed by atoms with E-state index in [1.165, 1.54) is 18.2 Å². The van der Waals surface area contributed by atoms with Gasteiger partial charge in [-0.1, -0.05) is 32.0 Å². The van der Waals surface area contributed by atoms with Crippen molar-refractivity contribution in [2.24, 2.45) is 0 Å². The molecule has 110 valence electrons. The summed E-state index contributed by atoms with van der Waals surface area (Å²) in [5.41, 5.74) is 3.16. The second kappa shape index (κ2) is 6.31. The van der Waals surface area contributed by atoms with Crippen molar-refractivity contribution in [1.82, 2.24) is 0 Å². The van der Waals surface area contributed by atoms with Gasteiger partial charge in [-0.05, 0) is 36.1 Å². The molecule has 0 unspecified atom stereocenters. The Morgan fingerprint density at radius 2 is 1.52 bits per heavy atom. The molecule has 0 aliphatic rings. The van der Waals surface area contributed by atoms with E-state index in [1.807, 2.05) is 32.0 Å². The molecule has 0 aliphatic heterocycles. The molecule has 0 aromatic heterocycles. The first kappa shape index (κ1) is 14.9. The number of rotatable bonds is 4. The van der Waals surface area contributed by atoms with Crippen molar-refractivity contribution in [2.75, 3.05) is 5.32 Å². The van der Waals surface area contributed by atoms with Gasteiger partial charge in [-0.15, -0.1) is 0 Å². The van der Waals surface area contributed by atoms with Crippen molar-refractivity contribution < 1.29 is 15.0 Å². The Bertz CT molecular complexity index is 623. The Morgan fingerprint density at radius 3 is 2.00 bits per heavy atom. The highest BCUT2D eigenvalue weighted by Gasteiger charge is 2.13. The molecule has 2 aromatic rings. The zero-order chi connectivity index (χ0) is 15.4. The van der Waals surface area contributed by atoms with E-state index in [9.17, 15) is 15.0 Å². The molecule has 2 aromatic carbocycles. The van der Waals surface area contributed by atoms with Crippen LogP contribution in [0.4, 0.5) is 5.69 Å². The van der Waals surface area contributed by atoms with Crippen molar-refractivity contribution in [3.63, 3.8) is 0 Å². The molecular formula is C17H19NO3. The Morgan fingerprint density at radius 1 is 1.00 bits per heavy atom. The van der Waals surface area contributed by atoms with Crippen LogP contribution in [-0.2, 0) is 12.8 Å². The van der Waals surface area contributed by atoms with Gasteiger partial charge in [-0.25, -0.2) is 0 Å². The Balaban J connectivity index is 2.35. The van der Waals surface area contributed by atoms with Crippen LogP contribution in [0.2, 0.25) is 0 Å². The third kappa shape index (κ3) is 3.34. The number of anilines is 1. The predicted octanol–water partition coefficient (Wildman–Crippen LogP) is 3.47. The summed E-state index contributed by atoms with van der Waals surface area (Å²) in [6, 6.07) is 9.79. The van der Waals surface area contributed by atoms with Gasteiger partial charge >= 0.3 is 0 Å². The summed E-state index contributed by atoms with van der Waals surface area (Å²) < 4.78 is 0. The maximum atomic E-state index is 12.3. The first-order valence-corrected chi connectivity index (χ1v) is 7.00. The first-order valence-electron chi connectivity index (χ1n) is 7.00. The molecule has 2 rings (SSSR count). The molecular weight excluding hydrogens is 266 g/mol. The maximum Gasteiger partial charge on any atom is 0.255 e. The average Bonchev–Trinajstić information content (AvgIpc) is 2.46. The monoisotopic (exact) mass is 285 g/mol. The minimum atomic E-state index is -0.350. The molecule has 0 atom stereocenters. The quantitative estimate of drug-likeness (QED) is 0.805. The lowest BCUT2D eigenvalue weighted by molar-refractivity contribution is 0.102. The highest BCUT2D eigenvalue weighted by Crippen LogP contribution is 2.25. The Kier molecular flexibility index (Phi) is 4.48. The van der Waals surface area contributed by atoms with Crippen molar-refractivity contribution in [3.05, 3.63) is 53.1 Å². The number of carbonyl (C=O) groups excluding carboxylic acids is 1. The molecule has 0 aliphatic carbocycles. The van der Waals surface area contributed by atoms with E-state index in [0.29, 0.717) is 0 Å². The van der Waals surface area contributed by atoms with Gasteiger partial charge in [0.05, 0.1) is 0 Å². The fourth-order valence-corrected chi connectivity index (χ4v) is 2.32. The summed E-state index contributed by atoms with van der Waals surface area (Å²) >= 11 is 0. The topological polar surface area (TPSA) is 69.6 Å². The number of para-hydroxylation sites is 1. The largest absolute Gasteiger partial charge is 0.508 e. The molecule has 0 fully saturated rings. The number of benzene rings is 2. The van der Waals surface area contributed by atoms with Gasteiger partial charge in [0.15, 0.2) is 0 Å². The molecule has 4 nitrogen and oxygen atoms in total. The molecule has 0 radical (unpaired) electrons. The second-order valence-electron chi connectivity index (χ2n) is 4.85. The SMILES string of the molecule is CCc1cccc(CC)c1NC(=O)c1cc(O)cc(O)c1. The van der Waals surface area contributed by atoms with Crippen LogP contribution in [0.3, 0.4) is 0 Å². The summed E-state index contributed by atoms with van der Waals surface area (Å²) in [5, 5.41) is 21.8. The van der Waals surface area contributed by atoms with E-state index in [-0.39, 0.29) is 23.0 Å². The lowest BCUT2D eigenvalue weighted by Gasteiger charge is -2.14. The highest BCUT2D eigenvalue weighted by atomic mass is 16.3. The third-order valence-corrected chi connectivity index (χ3v) is 3.40. The molecule has 3 N–H and O–H groups in total. The molecule has 0 heterocycles. The van der Waals surface area contributed by atoms with E-state index >= 15 is 0 Å². The molecule has 0 saturated heterocycles. The molecule has 4 heteroatoms. The zero-order valence-electron chi connectivity index (χ0n) is 12.2. The normalized spacial score (nSPS) is 10.4. The Labute approximate surface area is 124 Å². The summed E-state index contributed by atoms with van der Waals surface area (Å²) in [6.45, 7) is 4.06. The maximum absolute atomic E-state index is 12.3. The molecule has 0 spiro atoms. The van der Waals surface area contributed by atoms with E-state index < -0.39 is 0 Å². The van der Waals surface area contributed by atoms with Crippen molar-refractivity contribution in [1.29, 1.82) is 0 Å². The van der Waals surface area contributed by atoms with E-state index in [1.54, 1.807) is 0 Å². The number of aromatic hydroxyl groups is 2. The number of phenolic OH excluding ortho intramolecular Hbond substituents is 2. The van der Waals surface area contributed by atoms with Gasteiger partial charge in [-0.2, -0.15) is 0 Å². The zero-order valence-corrected chi connectivity index (χ0v) is 12.2. The fourth-order valence-electron chi connectivity index (χ4n) is 2.32. The average molecular weight is 285 g/mol. The number of phenols is 2. The van der Waals surface area contributed by atoms with Crippen LogP contribution in [0.15, 0.2) is 36.4 Å². The minimum absolute atomic E-state index is 0.139. The van der Waals surface area contributed by atoms with Gasteiger partial charge in [0.2, 0.25) is 0 Å². The summed E-state index contributed by atoms with van der Waals surface area (Å²) in [5.74, 6) is -0.629. The summed E-state index contributed by atoms with van der Waals surface area (Å²) in [7, 11) is 0. The molecule has 1 amide bonds. The van der Waals surface area contributed by atoms with Crippen LogP contribution < -0.4 is 5.32 Å². The minimum Gasteiger partial charge on any atom is -0.508 e. The lowest BCUT2D eigenvalue weighted by atomic mass is 10.0. The van der Waals surface area contributed by atoms with Crippen molar-refractivity contribution in [2.45, 2.75) is 26.7 Å². The van der Waals surface area contributed by atoms with E-state index in [0.717, 1.165) is 29.7 Å². The predicted molar refractivity (Wildman–Crippen MR) is 82.9 cm³/mol. The second-order valence-corrected chi connectivity index (χ2v) is 4.85. The standard InChI is InChI=1S/C17H19NO3/c1-3-11-6-5-7-12(4-2)16(11)18-17(21)13-8-14(19)10-15(20)9-13/h5-10,19-20H,3-4H2,1-2H3,(H,18,21). The highest BCUT2D eigenvalue weighted by molar-refractivity contribution is 6.05. The molecule has 0 bridgehead atoms. The third-order valence-electron chi connectivity index (χ3n) is 3.40. The van der Waals surface area contributed by atoms with Crippen molar-refractivity contribution in [3.8, 4) is 11.5 Å². The number of amides is 1. The molecule has 21 heavy (non-hydrogen) atoms. The van der Waals surface area contributed by atoms with E-state index in [4.69, 9.17) is 0 Å². The van der Waals surface area contributed by atoms with Crippen LogP contribution in [0.1, 0.15) is 35.3 Å². The van der Waals surface area contributed by atoms with Gasteiger partial charge in [0.1, 0.15) is 11.5 Å². The number of aryl methyl sites for hydroxylation is 2. The summed E-state index contributed by atoms with van der Waals surface area (Å²) in [4.78, 5) is 12.3. The molecule has 0 saturated carbocycles. The van der Waals surface area contributed by atoms with Gasteiger partial charge in [0, 0.05) is 17.3 Å². The number of hydrogen-bond acceptors (Lipinski definition) is 3. The van der Waals surface area contributed by atoms with E-state index in [2.05, 4.69) is 5.32 Å². The first-order chi connectivity index (χ1) is 10.0. The lowest BCUT2D eigenvalue weighted by Crippen LogP contribution is -2.14. The van der Waals surface area contributed by atoms with Crippen LogP contribution in [0, 0.1) is 0 Å².